The third kappa shape index (κ3) is 10.7. The molecule has 2 atom stereocenters. The molecular weight excluding hydrogens is 448 g/mol. The number of pyridine rings is 1. The molecule has 194 valence electrons. The number of aromatic nitrogens is 1. The lowest BCUT2D eigenvalue weighted by molar-refractivity contribution is -0.154. The number of esters is 2. The number of nitrogens with one attached hydrogen (secondary N) is 1. The molecule has 0 saturated heterocycles. The van der Waals surface area contributed by atoms with Crippen LogP contribution in [0.2, 0.25) is 18.1 Å². The fourth-order valence-electron chi connectivity index (χ4n) is 3.07. The lowest BCUT2D eigenvalue weighted by Gasteiger charge is -2.36. The van der Waals surface area contributed by atoms with Gasteiger partial charge in [-0.3, -0.25) is 14.6 Å². The first-order valence-electron chi connectivity index (χ1n) is 12.1. The van der Waals surface area contributed by atoms with Crippen molar-refractivity contribution < 1.29 is 23.5 Å². The molecule has 1 heterocycles. The van der Waals surface area contributed by atoms with Crippen molar-refractivity contribution in [3.63, 3.8) is 0 Å². The zero-order valence-electron chi connectivity index (χ0n) is 23.1. The second-order valence-corrected chi connectivity index (χ2v) is 16.6. The lowest BCUT2D eigenvalue weighted by Crippen LogP contribution is -2.41. The summed E-state index contributed by atoms with van der Waals surface area (Å²) in [5.41, 5.74) is 0.946. The summed E-state index contributed by atoms with van der Waals surface area (Å²) in [6, 6.07) is 5.64. The van der Waals surface area contributed by atoms with E-state index in [9.17, 15) is 9.59 Å². The molecule has 0 amide bonds. The van der Waals surface area contributed by atoms with E-state index in [-0.39, 0.29) is 35.5 Å². The number of hydrogen-bond donors (Lipinski definition) is 1. The summed E-state index contributed by atoms with van der Waals surface area (Å²) in [4.78, 5) is 28.9. The molecule has 1 N–H and O–H groups in total. The van der Waals surface area contributed by atoms with Crippen LogP contribution in [-0.4, -0.2) is 43.4 Å². The zero-order chi connectivity index (χ0) is 26.3. The summed E-state index contributed by atoms with van der Waals surface area (Å²) in [5.74, 6) is -0.486. The zero-order valence-corrected chi connectivity index (χ0v) is 24.1. The van der Waals surface area contributed by atoms with Crippen molar-refractivity contribution in [3.05, 3.63) is 29.6 Å². The Bertz CT molecular complexity index is 812. The first kappa shape index (κ1) is 30.3. The molecule has 0 aliphatic rings. The van der Waals surface area contributed by atoms with Crippen molar-refractivity contribution in [2.75, 3.05) is 6.54 Å². The van der Waals surface area contributed by atoms with Gasteiger partial charge in [-0.25, -0.2) is 0 Å². The second kappa shape index (κ2) is 12.3. The van der Waals surface area contributed by atoms with E-state index in [1.54, 1.807) is 0 Å². The van der Waals surface area contributed by atoms with Crippen molar-refractivity contribution in [2.45, 2.75) is 111 Å². The number of hydrogen-bond acceptors (Lipinski definition) is 7. The molecule has 1 aromatic heterocycles. The summed E-state index contributed by atoms with van der Waals surface area (Å²) >= 11 is 0. The van der Waals surface area contributed by atoms with Gasteiger partial charge in [0.05, 0.1) is 24.5 Å². The molecular formula is C26H46N2O5Si. The Morgan fingerprint density at radius 2 is 1.71 bits per heavy atom. The van der Waals surface area contributed by atoms with Gasteiger partial charge in [-0.15, -0.1) is 0 Å². The van der Waals surface area contributed by atoms with E-state index in [2.05, 4.69) is 53.0 Å². The number of ether oxygens (including phenoxy) is 2. The topological polar surface area (TPSA) is 86.8 Å². The summed E-state index contributed by atoms with van der Waals surface area (Å²) in [7, 11) is -1.92. The maximum Gasteiger partial charge on any atom is 0.320 e. The average Bonchev–Trinajstić information content (AvgIpc) is 2.66. The first-order chi connectivity index (χ1) is 15.4. The van der Waals surface area contributed by atoms with E-state index in [0.29, 0.717) is 18.7 Å². The highest BCUT2D eigenvalue weighted by atomic mass is 28.4. The fourth-order valence-corrected chi connectivity index (χ4v) is 4.01. The maximum atomic E-state index is 12.2. The van der Waals surface area contributed by atoms with Gasteiger partial charge in [-0.05, 0) is 57.0 Å². The predicted octanol–water partition coefficient (Wildman–Crippen LogP) is 5.55. The highest BCUT2D eigenvalue weighted by Crippen LogP contribution is 2.37. The van der Waals surface area contributed by atoms with Crippen LogP contribution in [0.1, 0.15) is 86.2 Å². The smallest absolute Gasteiger partial charge is 0.320 e. The van der Waals surface area contributed by atoms with Crippen molar-refractivity contribution in [1.82, 2.24) is 10.3 Å². The van der Waals surface area contributed by atoms with Crippen molar-refractivity contribution in [3.8, 4) is 0 Å². The van der Waals surface area contributed by atoms with Crippen LogP contribution >= 0.6 is 0 Å². The standard InChI is InChI=1S/C26H46N2O5Si/c1-18(2)22(27-16-24(30)33-25(4,5)6)15-23(32-19(3)29)21-14-12-13-20(28-21)17-31-34(10,11)26(7,8)9/h12-14,18,22-23,27H,15-17H2,1-11H3/t22-,23-/m1/s1. The Kier molecular flexibility index (Phi) is 10.9. The molecule has 1 rings (SSSR count). The summed E-state index contributed by atoms with van der Waals surface area (Å²) < 4.78 is 17.4. The molecule has 0 fully saturated rings. The van der Waals surface area contributed by atoms with Crippen LogP contribution < -0.4 is 5.32 Å². The minimum atomic E-state index is -1.92. The quantitative estimate of drug-likeness (QED) is 0.318. The third-order valence-corrected chi connectivity index (χ3v) is 10.5. The fraction of sp³-hybridized carbons (Fsp3) is 0.731. The Morgan fingerprint density at radius 1 is 1.09 bits per heavy atom. The van der Waals surface area contributed by atoms with E-state index in [4.69, 9.17) is 18.9 Å². The van der Waals surface area contributed by atoms with Crippen molar-refractivity contribution >= 4 is 20.3 Å². The van der Waals surface area contributed by atoms with Crippen LogP contribution in [0.5, 0.6) is 0 Å². The minimum Gasteiger partial charge on any atom is -0.459 e. The number of carbonyl (C=O) groups excluding carboxylic acids is 2. The van der Waals surface area contributed by atoms with E-state index in [1.165, 1.54) is 6.92 Å². The SMILES string of the molecule is CC(=O)O[C@H](C[C@@H](NCC(=O)OC(C)(C)C)C(C)C)c1cccc(CO[Si](C)(C)C(C)(C)C)n1. The van der Waals surface area contributed by atoms with Crippen LogP contribution in [0.25, 0.3) is 0 Å². The maximum absolute atomic E-state index is 12.2. The van der Waals surface area contributed by atoms with Crippen LogP contribution in [-0.2, 0) is 30.1 Å². The van der Waals surface area contributed by atoms with Gasteiger partial charge in [0.25, 0.3) is 0 Å². The Labute approximate surface area is 207 Å². The number of carbonyl (C=O) groups is 2. The Hall–Kier alpha value is -1.77. The van der Waals surface area contributed by atoms with Gasteiger partial charge in [0, 0.05) is 19.4 Å². The van der Waals surface area contributed by atoms with Crippen molar-refractivity contribution in [2.24, 2.45) is 5.92 Å². The minimum absolute atomic E-state index is 0.0780. The van der Waals surface area contributed by atoms with Gasteiger partial charge in [0.1, 0.15) is 11.7 Å². The average molecular weight is 495 g/mol. The molecule has 0 radical (unpaired) electrons. The molecule has 0 unspecified atom stereocenters. The molecule has 0 aliphatic heterocycles. The van der Waals surface area contributed by atoms with Crippen LogP contribution in [0.15, 0.2) is 18.2 Å². The van der Waals surface area contributed by atoms with Gasteiger partial charge >= 0.3 is 11.9 Å². The highest BCUT2D eigenvalue weighted by Gasteiger charge is 2.37. The second-order valence-electron chi connectivity index (χ2n) is 11.8. The van der Waals surface area contributed by atoms with E-state index in [0.717, 1.165) is 5.69 Å². The van der Waals surface area contributed by atoms with Crippen LogP contribution in [0, 0.1) is 5.92 Å². The molecule has 0 aliphatic carbocycles. The molecule has 34 heavy (non-hydrogen) atoms. The Morgan fingerprint density at radius 3 is 2.21 bits per heavy atom. The molecule has 0 saturated carbocycles. The van der Waals surface area contributed by atoms with Crippen LogP contribution in [0.3, 0.4) is 0 Å². The van der Waals surface area contributed by atoms with Gasteiger partial charge in [-0.2, -0.15) is 0 Å². The largest absolute Gasteiger partial charge is 0.459 e. The first-order valence-corrected chi connectivity index (χ1v) is 15.0. The lowest BCUT2D eigenvalue weighted by atomic mass is 9.96. The van der Waals surface area contributed by atoms with E-state index < -0.39 is 20.0 Å². The van der Waals surface area contributed by atoms with Gasteiger partial charge in [-0.1, -0.05) is 40.7 Å². The summed E-state index contributed by atoms with van der Waals surface area (Å²) in [6.45, 7) is 22.6. The van der Waals surface area contributed by atoms with Crippen molar-refractivity contribution in [1.29, 1.82) is 0 Å². The molecule has 1 aromatic rings. The highest BCUT2D eigenvalue weighted by molar-refractivity contribution is 6.74. The molecule has 0 bridgehead atoms. The van der Waals surface area contributed by atoms with Gasteiger partial charge in [0.15, 0.2) is 8.32 Å². The van der Waals surface area contributed by atoms with E-state index >= 15 is 0 Å². The monoisotopic (exact) mass is 494 g/mol. The Balaban J connectivity index is 2.99. The number of rotatable bonds is 11. The van der Waals surface area contributed by atoms with Gasteiger partial charge in [0.2, 0.25) is 0 Å². The third-order valence-electron chi connectivity index (χ3n) is 6.05. The normalized spacial score (nSPS) is 14.6. The van der Waals surface area contributed by atoms with Crippen LogP contribution in [0.4, 0.5) is 0 Å². The van der Waals surface area contributed by atoms with Gasteiger partial charge < -0.3 is 19.2 Å². The predicted molar refractivity (Wildman–Crippen MR) is 138 cm³/mol. The summed E-state index contributed by atoms with van der Waals surface area (Å²) in [5, 5.41) is 3.38. The molecule has 8 heteroatoms. The number of nitrogens with zero attached hydrogens (tertiary/aromatic N) is 1. The molecule has 7 nitrogen and oxygen atoms in total. The van der Waals surface area contributed by atoms with E-state index in [1.807, 2.05) is 39.0 Å². The molecule has 0 spiro atoms. The summed E-state index contributed by atoms with van der Waals surface area (Å²) in [6.07, 6.45) is -0.0524. The molecule has 0 aromatic carbocycles.